The predicted octanol–water partition coefficient (Wildman–Crippen LogP) is 2.58. The molecule has 1 aromatic carbocycles. The fraction of sp³-hybridized carbons (Fsp3) is 0.538. The van der Waals surface area contributed by atoms with Crippen LogP contribution in [0.5, 0.6) is 0 Å². The Labute approximate surface area is 103 Å². The molecule has 0 aromatic heterocycles. The van der Waals surface area contributed by atoms with E-state index in [4.69, 9.17) is 5.73 Å². The Bertz CT molecular complexity index is 297. The Morgan fingerprint density at radius 3 is 2.44 bits per heavy atom. The molecule has 3 heteroatoms. The van der Waals surface area contributed by atoms with Crippen LogP contribution < -0.4 is 5.73 Å². The number of nitrogens with two attached hydrogens (primary N) is 1. The highest BCUT2D eigenvalue weighted by Crippen LogP contribution is 2.16. The number of hydrogen-bond acceptors (Lipinski definition) is 3. The smallest absolute Gasteiger partial charge is 0.0233 e. The van der Waals surface area contributed by atoms with E-state index in [0.717, 1.165) is 19.5 Å². The maximum absolute atomic E-state index is 5.57. The first-order valence-corrected chi connectivity index (χ1v) is 6.93. The van der Waals surface area contributed by atoms with Gasteiger partial charge in [-0.15, -0.1) is 11.8 Å². The fourth-order valence-corrected chi connectivity index (χ4v) is 2.04. The van der Waals surface area contributed by atoms with E-state index < -0.39 is 0 Å². The monoisotopic (exact) mass is 238 g/mol. The number of thioether (sulfide) groups is 1. The van der Waals surface area contributed by atoms with Gasteiger partial charge < -0.3 is 5.73 Å². The minimum Gasteiger partial charge on any atom is -0.330 e. The summed E-state index contributed by atoms with van der Waals surface area (Å²) in [5, 5.41) is 0. The van der Waals surface area contributed by atoms with Gasteiger partial charge >= 0.3 is 0 Å². The third-order valence-corrected chi connectivity index (χ3v) is 3.67. The van der Waals surface area contributed by atoms with Crippen molar-refractivity contribution in [3.8, 4) is 0 Å². The van der Waals surface area contributed by atoms with Crippen LogP contribution >= 0.6 is 11.8 Å². The minimum atomic E-state index is 0.547. The molecule has 1 unspecified atom stereocenters. The lowest BCUT2D eigenvalue weighted by molar-refractivity contribution is 0.240. The molecule has 0 saturated heterocycles. The van der Waals surface area contributed by atoms with Gasteiger partial charge in [0, 0.05) is 17.5 Å². The van der Waals surface area contributed by atoms with E-state index >= 15 is 0 Å². The summed E-state index contributed by atoms with van der Waals surface area (Å²) in [6.45, 7) is 3.98. The Morgan fingerprint density at radius 1 is 1.31 bits per heavy atom. The molecule has 0 amide bonds. The Kier molecular flexibility index (Phi) is 5.88. The van der Waals surface area contributed by atoms with Gasteiger partial charge in [-0.2, -0.15) is 0 Å². The number of benzene rings is 1. The van der Waals surface area contributed by atoms with E-state index in [1.807, 2.05) is 0 Å². The molecular formula is C13H22N2S. The van der Waals surface area contributed by atoms with Crippen molar-refractivity contribution in [3.05, 3.63) is 29.8 Å². The van der Waals surface area contributed by atoms with Crippen LogP contribution in [0.15, 0.2) is 29.2 Å². The molecule has 0 saturated carbocycles. The molecule has 1 aromatic rings. The van der Waals surface area contributed by atoms with Crippen molar-refractivity contribution >= 4 is 11.8 Å². The van der Waals surface area contributed by atoms with Gasteiger partial charge in [0.25, 0.3) is 0 Å². The summed E-state index contributed by atoms with van der Waals surface area (Å²) in [6, 6.07) is 9.32. The van der Waals surface area contributed by atoms with Crippen LogP contribution in [0.4, 0.5) is 0 Å². The highest BCUT2D eigenvalue weighted by atomic mass is 32.2. The average Bonchev–Trinajstić information content (AvgIpc) is 2.30. The van der Waals surface area contributed by atoms with Gasteiger partial charge in [-0.05, 0) is 50.9 Å². The zero-order valence-corrected chi connectivity index (χ0v) is 11.3. The van der Waals surface area contributed by atoms with Gasteiger partial charge in [0.1, 0.15) is 0 Å². The van der Waals surface area contributed by atoms with Gasteiger partial charge in [0.15, 0.2) is 0 Å². The van der Waals surface area contributed by atoms with Crippen molar-refractivity contribution < 1.29 is 0 Å². The first-order chi connectivity index (χ1) is 7.67. The van der Waals surface area contributed by atoms with Gasteiger partial charge in [-0.25, -0.2) is 0 Å². The van der Waals surface area contributed by atoms with Crippen molar-refractivity contribution in [1.82, 2.24) is 4.90 Å². The molecule has 2 N–H and O–H groups in total. The first kappa shape index (κ1) is 13.6. The Hall–Kier alpha value is -0.510. The summed E-state index contributed by atoms with van der Waals surface area (Å²) < 4.78 is 0. The van der Waals surface area contributed by atoms with Crippen LogP contribution in [-0.2, 0) is 6.54 Å². The second kappa shape index (κ2) is 6.94. The van der Waals surface area contributed by atoms with Crippen LogP contribution in [-0.4, -0.2) is 30.8 Å². The predicted molar refractivity (Wildman–Crippen MR) is 72.8 cm³/mol. The molecule has 2 nitrogen and oxygen atoms in total. The quantitative estimate of drug-likeness (QED) is 0.772. The Morgan fingerprint density at radius 2 is 1.94 bits per heavy atom. The summed E-state index contributed by atoms with van der Waals surface area (Å²) in [6.07, 6.45) is 3.16. The summed E-state index contributed by atoms with van der Waals surface area (Å²) in [7, 11) is 2.16. The van der Waals surface area contributed by atoms with E-state index in [9.17, 15) is 0 Å². The lowest BCUT2D eigenvalue weighted by atomic mass is 10.1. The summed E-state index contributed by atoms with van der Waals surface area (Å²) in [4.78, 5) is 3.67. The van der Waals surface area contributed by atoms with Crippen molar-refractivity contribution in [2.45, 2.75) is 30.8 Å². The van der Waals surface area contributed by atoms with Crippen LogP contribution in [0, 0.1) is 0 Å². The van der Waals surface area contributed by atoms with E-state index in [-0.39, 0.29) is 0 Å². The van der Waals surface area contributed by atoms with Crippen LogP contribution in [0.2, 0.25) is 0 Å². The largest absolute Gasteiger partial charge is 0.330 e. The maximum atomic E-state index is 5.57. The molecule has 0 aliphatic heterocycles. The third kappa shape index (κ3) is 4.16. The van der Waals surface area contributed by atoms with E-state index in [0.29, 0.717) is 6.04 Å². The molecular weight excluding hydrogens is 216 g/mol. The standard InChI is InChI=1S/C13H22N2S/c1-11(8-9-14)15(2)10-12-4-6-13(16-3)7-5-12/h4-7,11H,8-10,14H2,1-3H3. The van der Waals surface area contributed by atoms with Crippen LogP contribution in [0.3, 0.4) is 0 Å². The summed E-state index contributed by atoms with van der Waals surface area (Å²) >= 11 is 1.78. The SMILES string of the molecule is CSc1ccc(CN(C)C(C)CCN)cc1. The van der Waals surface area contributed by atoms with Gasteiger partial charge in [-0.3, -0.25) is 4.90 Å². The maximum Gasteiger partial charge on any atom is 0.0233 e. The molecule has 0 fully saturated rings. The number of hydrogen-bond donors (Lipinski definition) is 1. The van der Waals surface area contributed by atoms with Crippen LogP contribution in [0.25, 0.3) is 0 Å². The normalized spacial score (nSPS) is 13.1. The highest BCUT2D eigenvalue weighted by Gasteiger charge is 2.08. The molecule has 0 heterocycles. The van der Waals surface area contributed by atoms with Crippen molar-refractivity contribution in [2.24, 2.45) is 5.73 Å². The second-order valence-electron chi connectivity index (χ2n) is 4.19. The van der Waals surface area contributed by atoms with Crippen molar-refractivity contribution in [3.63, 3.8) is 0 Å². The molecule has 0 aliphatic carbocycles. The average molecular weight is 238 g/mol. The van der Waals surface area contributed by atoms with E-state index in [1.54, 1.807) is 11.8 Å². The number of nitrogens with zero attached hydrogens (tertiary/aromatic N) is 1. The lowest BCUT2D eigenvalue weighted by Gasteiger charge is -2.24. The Balaban J connectivity index is 2.52. The zero-order chi connectivity index (χ0) is 12.0. The van der Waals surface area contributed by atoms with Crippen LogP contribution in [0.1, 0.15) is 18.9 Å². The topological polar surface area (TPSA) is 29.3 Å². The molecule has 0 aliphatic rings. The molecule has 90 valence electrons. The van der Waals surface area contributed by atoms with Crippen molar-refractivity contribution in [1.29, 1.82) is 0 Å². The molecule has 0 radical (unpaired) electrons. The molecule has 1 rings (SSSR count). The van der Waals surface area contributed by atoms with Gasteiger partial charge in [0.2, 0.25) is 0 Å². The lowest BCUT2D eigenvalue weighted by Crippen LogP contribution is -2.30. The number of rotatable bonds is 6. The van der Waals surface area contributed by atoms with E-state index in [1.165, 1.54) is 10.5 Å². The molecule has 16 heavy (non-hydrogen) atoms. The van der Waals surface area contributed by atoms with Crippen molar-refractivity contribution in [2.75, 3.05) is 19.8 Å². The molecule has 0 bridgehead atoms. The van der Waals surface area contributed by atoms with Gasteiger partial charge in [-0.1, -0.05) is 12.1 Å². The van der Waals surface area contributed by atoms with Gasteiger partial charge in [0.05, 0.1) is 0 Å². The summed E-state index contributed by atoms with van der Waals surface area (Å²) in [5.74, 6) is 0. The molecule has 0 spiro atoms. The third-order valence-electron chi connectivity index (χ3n) is 2.93. The van der Waals surface area contributed by atoms with E-state index in [2.05, 4.69) is 49.4 Å². The second-order valence-corrected chi connectivity index (χ2v) is 5.07. The fourth-order valence-electron chi connectivity index (χ4n) is 1.64. The molecule has 1 atom stereocenters. The summed E-state index contributed by atoms with van der Waals surface area (Å²) in [5.41, 5.74) is 6.93. The first-order valence-electron chi connectivity index (χ1n) is 5.70. The minimum absolute atomic E-state index is 0.547. The highest BCUT2D eigenvalue weighted by molar-refractivity contribution is 7.98. The zero-order valence-electron chi connectivity index (χ0n) is 10.4.